The predicted octanol–water partition coefficient (Wildman–Crippen LogP) is 5.43. The van der Waals surface area contributed by atoms with Crippen LogP contribution in [0.5, 0.6) is 0 Å². The predicted molar refractivity (Wildman–Crippen MR) is 146 cm³/mol. The van der Waals surface area contributed by atoms with Gasteiger partial charge in [0.1, 0.15) is 12.1 Å². The zero-order chi connectivity index (χ0) is 25.6. The first kappa shape index (κ1) is 24.5. The zero-order valence-corrected chi connectivity index (χ0v) is 22.7. The van der Waals surface area contributed by atoms with Crippen molar-refractivity contribution >= 4 is 45.0 Å². The van der Waals surface area contributed by atoms with Crippen LogP contribution in [0.15, 0.2) is 42.9 Å². The van der Waals surface area contributed by atoms with Crippen LogP contribution in [0.1, 0.15) is 38.1 Å². The minimum Gasteiger partial charge on any atom is -0.351 e. The van der Waals surface area contributed by atoms with E-state index in [1.807, 2.05) is 60.9 Å². The highest BCUT2D eigenvalue weighted by atomic mass is 35.5. The van der Waals surface area contributed by atoms with Crippen LogP contribution in [0.3, 0.4) is 0 Å². The van der Waals surface area contributed by atoms with Crippen LogP contribution in [0.2, 0.25) is 5.02 Å². The normalized spacial score (nSPS) is 16.4. The first-order chi connectivity index (χ1) is 17.1. The van der Waals surface area contributed by atoms with Crippen molar-refractivity contribution in [1.29, 1.82) is 0 Å². The molecule has 0 unspecified atom stereocenters. The Hall–Kier alpha value is -3.17. The average Bonchev–Trinajstić information content (AvgIpc) is 3.40. The van der Waals surface area contributed by atoms with Crippen molar-refractivity contribution in [2.24, 2.45) is 7.05 Å². The van der Waals surface area contributed by atoms with E-state index in [0.717, 1.165) is 37.7 Å². The highest BCUT2D eigenvalue weighted by Crippen LogP contribution is 2.39. The summed E-state index contributed by atoms with van der Waals surface area (Å²) in [5, 5.41) is 8.29. The number of halogens is 1. The van der Waals surface area contributed by atoms with Gasteiger partial charge >= 0.3 is 6.03 Å². The number of carbonyl (C=O) groups is 1. The van der Waals surface area contributed by atoms with Gasteiger partial charge in [-0.2, -0.15) is 5.10 Å². The summed E-state index contributed by atoms with van der Waals surface area (Å²) in [6.45, 7) is 10.1. The number of rotatable bonds is 4. The molecule has 0 aliphatic carbocycles. The Labute approximate surface area is 219 Å². The van der Waals surface area contributed by atoms with E-state index in [1.165, 1.54) is 0 Å². The van der Waals surface area contributed by atoms with Crippen LogP contribution in [0.4, 0.5) is 10.6 Å². The molecular formula is C26H30ClN7OS. The Morgan fingerprint density at radius 2 is 2.03 bits per heavy atom. The fourth-order valence-electron chi connectivity index (χ4n) is 4.88. The van der Waals surface area contributed by atoms with Crippen molar-refractivity contribution in [3.8, 4) is 10.4 Å². The Balaban J connectivity index is 1.35. The minimum absolute atomic E-state index is 0.0783. The molecule has 1 N–H and O–H groups in total. The first-order valence-corrected chi connectivity index (χ1v) is 13.2. The van der Waals surface area contributed by atoms with E-state index < -0.39 is 5.54 Å². The third-order valence-corrected chi connectivity index (χ3v) is 8.10. The maximum atomic E-state index is 13.3. The molecule has 5 rings (SSSR count). The standard InChI is InChI=1S/C26H30ClN7OS/c1-16(18-7-6-8-19(27)11-18)30-25(35)34-10-9-33(14-26(34,3)4)24-23-21(28-15-29-24)12-22(36-23)20-13-32(5)31-17(20)2/h6-8,11-13,15-16H,9-10,14H2,1-5H3,(H,30,35)/t16-/m0/s1. The summed E-state index contributed by atoms with van der Waals surface area (Å²) >= 11 is 7.83. The van der Waals surface area contributed by atoms with Crippen LogP contribution in [-0.4, -0.2) is 55.9 Å². The molecule has 1 atom stereocenters. The molecular weight excluding hydrogens is 494 g/mol. The second kappa shape index (κ2) is 9.37. The van der Waals surface area contributed by atoms with Gasteiger partial charge in [-0.05, 0) is 51.5 Å². The first-order valence-electron chi connectivity index (χ1n) is 12.0. The molecule has 4 heterocycles. The van der Waals surface area contributed by atoms with Gasteiger partial charge in [0.05, 0.1) is 27.5 Å². The quantitative estimate of drug-likeness (QED) is 0.386. The summed E-state index contributed by atoms with van der Waals surface area (Å²) in [7, 11) is 1.93. The number of nitrogens with one attached hydrogen (secondary N) is 1. The summed E-state index contributed by atoms with van der Waals surface area (Å²) < 4.78 is 2.89. The summed E-state index contributed by atoms with van der Waals surface area (Å²) in [5.74, 6) is 0.915. The lowest BCUT2D eigenvalue weighted by Crippen LogP contribution is -2.63. The zero-order valence-electron chi connectivity index (χ0n) is 21.1. The van der Waals surface area contributed by atoms with Crippen LogP contribution >= 0.6 is 22.9 Å². The Kier molecular flexibility index (Phi) is 6.38. The van der Waals surface area contributed by atoms with E-state index in [4.69, 9.17) is 11.6 Å². The second-order valence-electron chi connectivity index (χ2n) is 9.94. The molecule has 0 spiro atoms. The van der Waals surface area contributed by atoms with Gasteiger partial charge in [0.2, 0.25) is 0 Å². The summed E-state index contributed by atoms with van der Waals surface area (Å²) in [5.41, 5.74) is 3.62. The molecule has 0 radical (unpaired) electrons. The molecule has 1 aliphatic rings. The van der Waals surface area contributed by atoms with Gasteiger partial charge in [0.25, 0.3) is 0 Å². The molecule has 0 bridgehead atoms. The van der Waals surface area contributed by atoms with Gasteiger partial charge in [-0.3, -0.25) is 4.68 Å². The van der Waals surface area contributed by atoms with Gasteiger partial charge in [-0.25, -0.2) is 14.8 Å². The molecule has 1 aliphatic heterocycles. The molecule has 188 valence electrons. The molecule has 1 fully saturated rings. The largest absolute Gasteiger partial charge is 0.351 e. The number of nitrogens with zero attached hydrogens (tertiary/aromatic N) is 6. The number of thiophene rings is 1. The van der Waals surface area contributed by atoms with Crippen molar-refractivity contribution in [3.05, 3.63) is 59.1 Å². The van der Waals surface area contributed by atoms with Crippen LogP contribution in [0.25, 0.3) is 20.7 Å². The maximum Gasteiger partial charge on any atom is 0.318 e. The lowest BCUT2D eigenvalue weighted by molar-refractivity contribution is 0.121. The molecule has 0 saturated carbocycles. The van der Waals surface area contributed by atoms with Crippen molar-refractivity contribution in [2.75, 3.05) is 24.5 Å². The summed E-state index contributed by atoms with van der Waals surface area (Å²) in [6.07, 6.45) is 3.67. The fraction of sp³-hybridized carbons (Fsp3) is 0.385. The number of carbonyl (C=O) groups excluding carboxylic acids is 1. The Morgan fingerprint density at radius 1 is 1.22 bits per heavy atom. The molecule has 10 heteroatoms. The summed E-state index contributed by atoms with van der Waals surface area (Å²) in [4.78, 5) is 27.8. The number of anilines is 1. The molecule has 4 aromatic rings. The molecule has 3 aromatic heterocycles. The Morgan fingerprint density at radius 3 is 2.72 bits per heavy atom. The Bertz CT molecular complexity index is 1430. The smallest absolute Gasteiger partial charge is 0.318 e. The van der Waals surface area contributed by atoms with E-state index in [2.05, 4.69) is 45.2 Å². The SMILES string of the molecule is Cc1nn(C)cc1-c1cc2ncnc(N3CCN(C(=O)N[C@@H](C)c4cccc(Cl)c4)C(C)(C)C3)c2s1. The highest BCUT2D eigenvalue weighted by molar-refractivity contribution is 7.22. The second-order valence-corrected chi connectivity index (χ2v) is 11.4. The lowest BCUT2D eigenvalue weighted by Gasteiger charge is -2.47. The van der Waals surface area contributed by atoms with E-state index in [1.54, 1.807) is 17.7 Å². The number of aryl methyl sites for hydroxylation is 2. The molecule has 8 nitrogen and oxygen atoms in total. The summed E-state index contributed by atoms with van der Waals surface area (Å²) in [6, 6.07) is 9.48. The van der Waals surface area contributed by atoms with Gasteiger partial charge in [0.15, 0.2) is 0 Å². The number of aromatic nitrogens is 4. The fourth-order valence-corrected chi connectivity index (χ4v) is 6.26. The van der Waals surface area contributed by atoms with Crippen LogP contribution < -0.4 is 10.2 Å². The number of benzene rings is 1. The van der Waals surface area contributed by atoms with Gasteiger partial charge in [0, 0.05) is 48.3 Å². The number of fused-ring (bicyclic) bond motifs is 1. The topological polar surface area (TPSA) is 79.2 Å². The van der Waals surface area contributed by atoms with E-state index >= 15 is 0 Å². The van der Waals surface area contributed by atoms with E-state index in [-0.39, 0.29) is 12.1 Å². The van der Waals surface area contributed by atoms with Crippen molar-refractivity contribution in [3.63, 3.8) is 0 Å². The number of hydrogen-bond acceptors (Lipinski definition) is 6. The third kappa shape index (κ3) is 4.65. The molecule has 1 aromatic carbocycles. The number of piperazine rings is 1. The van der Waals surface area contributed by atoms with Crippen molar-refractivity contribution in [1.82, 2.24) is 30.0 Å². The minimum atomic E-state index is -0.395. The van der Waals surface area contributed by atoms with Gasteiger partial charge in [-0.15, -0.1) is 11.3 Å². The maximum absolute atomic E-state index is 13.3. The monoisotopic (exact) mass is 523 g/mol. The highest BCUT2D eigenvalue weighted by Gasteiger charge is 2.38. The van der Waals surface area contributed by atoms with E-state index in [9.17, 15) is 4.79 Å². The third-order valence-electron chi connectivity index (χ3n) is 6.71. The van der Waals surface area contributed by atoms with Crippen molar-refractivity contribution in [2.45, 2.75) is 39.3 Å². The molecule has 1 saturated heterocycles. The van der Waals surface area contributed by atoms with Crippen molar-refractivity contribution < 1.29 is 4.79 Å². The van der Waals surface area contributed by atoms with Gasteiger partial charge in [-0.1, -0.05) is 23.7 Å². The molecule has 2 amide bonds. The van der Waals surface area contributed by atoms with Crippen LogP contribution in [0, 0.1) is 6.92 Å². The van der Waals surface area contributed by atoms with Crippen LogP contribution in [-0.2, 0) is 7.05 Å². The van der Waals surface area contributed by atoms with Gasteiger partial charge < -0.3 is 15.1 Å². The van der Waals surface area contributed by atoms with E-state index in [0.29, 0.717) is 24.7 Å². The number of hydrogen-bond donors (Lipinski definition) is 1. The number of urea groups is 1. The lowest BCUT2D eigenvalue weighted by atomic mass is 9.99. The molecule has 36 heavy (non-hydrogen) atoms. The average molecular weight is 524 g/mol. The number of amides is 2.